The SMILES string of the molecule is O=C(CCc1ccc(-c2ccccc2)[nH]1)N1CCC(C(=O)O)(C(F)(F)F)C1. The topological polar surface area (TPSA) is 73.4 Å². The summed E-state index contributed by atoms with van der Waals surface area (Å²) >= 11 is 0. The molecule has 5 nitrogen and oxygen atoms in total. The van der Waals surface area contributed by atoms with E-state index in [4.69, 9.17) is 5.11 Å². The van der Waals surface area contributed by atoms with Crippen molar-refractivity contribution in [1.29, 1.82) is 0 Å². The van der Waals surface area contributed by atoms with Crippen LogP contribution < -0.4 is 0 Å². The highest BCUT2D eigenvalue weighted by molar-refractivity contribution is 5.81. The van der Waals surface area contributed by atoms with Gasteiger partial charge in [0, 0.05) is 30.9 Å². The molecule has 1 unspecified atom stereocenters. The van der Waals surface area contributed by atoms with Crippen molar-refractivity contribution in [2.45, 2.75) is 25.4 Å². The van der Waals surface area contributed by atoms with Crippen molar-refractivity contribution in [1.82, 2.24) is 9.88 Å². The van der Waals surface area contributed by atoms with E-state index in [0.717, 1.165) is 21.9 Å². The number of carboxylic acids is 1. The number of carbonyl (C=O) groups excluding carboxylic acids is 1. The third-order valence-corrected chi connectivity index (χ3v) is 5.01. The van der Waals surface area contributed by atoms with Gasteiger partial charge in [0.25, 0.3) is 0 Å². The average Bonchev–Trinajstić information content (AvgIpc) is 3.28. The summed E-state index contributed by atoms with van der Waals surface area (Å²) in [6.07, 6.45) is -5.15. The number of nitrogens with zero attached hydrogens (tertiary/aromatic N) is 1. The number of benzene rings is 1. The number of amides is 1. The Kier molecular flexibility index (Phi) is 4.99. The second-order valence-corrected chi connectivity index (χ2v) is 6.71. The number of halogens is 3. The quantitative estimate of drug-likeness (QED) is 0.834. The van der Waals surface area contributed by atoms with Crippen LogP contribution in [-0.2, 0) is 16.0 Å². The van der Waals surface area contributed by atoms with Crippen LogP contribution in [0.5, 0.6) is 0 Å². The number of aliphatic carboxylic acids is 1. The fourth-order valence-electron chi connectivity index (χ4n) is 3.32. The highest BCUT2D eigenvalue weighted by atomic mass is 19.4. The van der Waals surface area contributed by atoms with Crippen molar-refractivity contribution in [3.8, 4) is 11.3 Å². The summed E-state index contributed by atoms with van der Waals surface area (Å²) in [7, 11) is 0. The van der Waals surface area contributed by atoms with Crippen molar-refractivity contribution < 1.29 is 27.9 Å². The molecule has 3 rings (SSSR count). The van der Waals surface area contributed by atoms with Gasteiger partial charge in [-0.2, -0.15) is 13.2 Å². The Labute approximate surface area is 153 Å². The van der Waals surface area contributed by atoms with Gasteiger partial charge in [-0.3, -0.25) is 9.59 Å². The Hall–Kier alpha value is -2.77. The van der Waals surface area contributed by atoms with Crippen molar-refractivity contribution >= 4 is 11.9 Å². The number of carbonyl (C=O) groups is 2. The van der Waals surface area contributed by atoms with E-state index in [9.17, 15) is 22.8 Å². The van der Waals surface area contributed by atoms with E-state index in [-0.39, 0.29) is 13.0 Å². The van der Waals surface area contributed by atoms with Crippen molar-refractivity contribution in [3.05, 3.63) is 48.2 Å². The van der Waals surface area contributed by atoms with Gasteiger partial charge in [0.2, 0.25) is 5.91 Å². The fourth-order valence-corrected chi connectivity index (χ4v) is 3.32. The molecule has 27 heavy (non-hydrogen) atoms. The van der Waals surface area contributed by atoms with Crippen LogP contribution in [0.1, 0.15) is 18.5 Å². The van der Waals surface area contributed by atoms with Crippen LogP contribution >= 0.6 is 0 Å². The first-order valence-electron chi connectivity index (χ1n) is 8.54. The monoisotopic (exact) mass is 380 g/mol. The zero-order valence-electron chi connectivity index (χ0n) is 14.4. The minimum Gasteiger partial charge on any atom is -0.481 e. The molecule has 8 heteroatoms. The second-order valence-electron chi connectivity index (χ2n) is 6.71. The Morgan fingerprint density at radius 1 is 1.15 bits per heavy atom. The number of hydrogen-bond acceptors (Lipinski definition) is 2. The Morgan fingerprint density at radius 2 is 1.85 bits per heavy atom. The number of aromatic nitrogens is 1. The molecule has 1 atom stereocenters. The lowest BCUT2D eigenvalue weighted by Gasteiger charge is -2.27. The third kappa shape index (κ3) is 3.70. The first-order chi connectivity index (χ1) is 12.7. The molecular weight excluding hydrogens is 361 g/mol. The first-order valence-corrected chi connectivity index (χ1v) is 8.54. The number of aromatic amines is 1. The number of carboxylic acid groups (broad SMARTS) is 1. The van der Waals surface area contributed by atoms with Crippen LogP contribution in [-0.4, -0.2) is 46.1 Å². The van der Waals surface area contributed by atoms with Crippen molar-refractivity contribution in [2.75, 3.05) is 13.1 Å². The number of rotatable bonds is 5. The number of alkyl halides is 3. The smallest absolute Gasteiger partial charge is 0.406 e. The van der Waals surface area contributed by atoms with Gasteiger partial charge in [-0.1, -0.05) is 30.3 Å². The van der Waals surface area contributed by atoms with Crippen molar-refractivity contribution in [3.63, 3.8) is 0 Å². The molecule has 1 aromatic carbocycles. The summed E-state index contributed by atoms with van der Waals surface area (Å²) < 4.78 is 39.6. The largest absolute Gasteiger partial charge is 0.481 e. The summed E-state index contributed by atoms with van der Waals surface area (Å²) in [5, 5.41) is 9.05. The number of H-pyrrole nitrogens is 1. The fraction of sp³-hybridized carbons (Fsp3) is 0.368. The summed E-state index contributed by atoms with van der Waals surface area (Å²) in [4.78, 5) is 27.7. The number of hydrogen-bond donors (Lipinski definition) is 2. The number of nitrogens with one attached hydrogen (secondary N) is 1. The molecule has 144 valence electrons. The van der Waals surface area contributed by atoms with Gasteiger partial charge in [0.1, 0.15) is 0 Å². The van der Waals surface area contributed by atoms with Crippen LogP contribution in [0, 0.1) is 5.41 Å². The molecule has 0 radical (unpaired) electrons. The maximum absolute atomic E-state index is 13.2. The zero-order chi connectivity index (χ0) is 19.7. The predicted molar refractivity (Wildman–Crippen MR) is 91.9 cm³/mol. The van der Waals surface area contributed by atoms with Crippen LogP contribution in [0.25, 0.3) is 11.3 Å². The van der Waals surface area contributed by atoms with Crippen molar-refractivity contribution in [2.24, 2.45) is 5.41 Å². The predicted octanol–water partition coefficient (Wildman–Crippen LogP) is 3.48. The number of aryl methyl sites for hydroxylation is 1. The highest BCUT2D eigenvalue weighted by Gasteiger charge is 2.64. The van der Waals surface area contributed by atoms with Crippen LogP contribution in [0.2, 0.25) is 0 Å². The van der Waals surface area contributed by atoms with E-state index in [1.54, 1.807) is 0 Å². The molecule has 0 bridgehead atoms. The van der Waals surface area contributed by atoms with E-state index in [2.05, 4.69) is 4.98 Å². The van der Waals surface area contributed by atoms with Gasteiger partial charge in [-0.15, -0.1) is 0 Å². The van der Waals surface area contributed by atoms with E-state index in [0.29, 0.717) is 6.42 Å². The molecular formula is C19H19F3N2O3. The lowest BCUT2D eigenvalue weighted by molar-refractivity contribution is -0.227. The minimum absolute atomic E-state index is 0.0162. The van der Waals surface area contributed by atoms with Crippen LogP contribution in [0.15, 0.2) is 42.5 Å². The number of likely N-dealkylation sites (tertiary alicyclic amines) is 1. The van der Waals surface area contributed by atoms with Gasteiger partial charge in [0.15, 0.2) is 5.41 Å². The minimum atomic E-state index is -4.89. The van der Waals surface area contributed by atoms with E-state index in [1.807, 2.05) is 42.5 Å². The molecule has 2 N–H and O–H groups in total. The molecule has 0 spiro atoms. The van der Waals surface area contributed by atoms with Gasteiger partial charge in [-0.25, -0.2) is 0 Å². The molecule has 1 saturated heterocycles. The second kappa shape index (κ2) is 7.09. The van der Waals surface area contributed by atoms with E-state index >= 15 is 0 Å². The maximum Gasteiger partial charge on any atom is 0.406 e. The standard InChI is InChI=1S/C19H19F3N2O3/c20-19(21,22)18(17(26)27)10-11-24(12-18)16(25)9-7-14-6-8-15(23-14)13-4-2-1-3-5-13/h1-6,8,23H,7,9-12H2,(H,26,27). The van der Waals surface area contributed by atoms with Gasteiger partial charge in [0.05, 0.1) is 0 Å². The molecule has 1 aliphatic heterocycles. The first kappa shape index (κ1) is 19.0. The molecule has 1 aliphatic rings. The summed E-state index contributed by atoms with van der Waals surface area (Å²) in [5.41, 5.74) is -0.191. The molecule has 1 aromatic heterocycles. The third-order valence-electron chi connectivity index (χ3n) is 5.01. The van der Waals surface area contributed by atoms with E-state index < -0.39 is 36.4 Å². The van der Waals surface area contributed by atoms with E-state index in [1.165, 1.54) is 0 Å². The maximum atomic E-state index is 13.2. The zero-order valence-corrected chi connectivity index (χ0v) is 14.4. The summed E-state index contributed by atoms with van der Waals surface area (Å²) in [6, 6.07) is 13.3. The average molecular weight is 380 g/mol. The molecule has 1 fully saturated rings. The summed E-state index contributed by atoms with van der Waals surface area (Å²) in [6.45, 7) is -1.03. The summed E-state index contributed by atoms with van der Waals surface area (Å²) in [5.74, 6) is -2.40. The lowest BCUT2D eigenvalue weighted by atomic mass is 9.86. The lowest BCUT2D eigenvalue weighted by Crippen LogP contribution is -2.47. The molecule has 1 amide bonds. The normalized spacial score (nSPS) is 20.0. The van der Waals surface area contributed by atoms with Gasteiger partial charge >= 0.3 is 12.1 Å². The van der Waals surface area contributed by atoms with Crippen LogP contribution in [0.3, 0.4) is 0 Å². The van der Waals surface area contributed by atoms with Gasteiger partial charge in [-0.05, 0) is 30.5 Å². The highest BCUT2D eigenvalue weighted by Crippen LogP contribution is 2.45. The molecule has 0 aliphatic carbocycles. The molecule has 2 aromatic rings. The Morgan fingerprint density at radius 3 is 2.44 bits per heavy atom. The Bertz CT molecular complexity index is 832. The molecule has 2 heterocycles. The molecule has 0 saturated carbocycles. The Balaban J connectivity index is 1.61. The van der Waals surface area contributed by atoms with Gasteiger partial charge < -0.3 is 15.0 Å². The van der Waals surface area contributed by atoms with Crippen LogP contribution in [0.4, 0.5) is 13.2 Å².